The lowest BCUT2D eigenvalue weighted by Gasteiger charge is -2.07. The van der Waals surface area contributed by atoms with Crippen LogP contribution in [0.5, 0.6) is 0 Å². The molecule has 1 N–H and O–H groups in total. The van der Waals surface area contributed by atoms with Crippen molar-refractivity contribution in [2.24, 2.45) is 0 Å². The molecule has 0 radical (unpaired) electrons. The van der Waals surface area contributed by atoms with Crippen LogP contribution in [-0.2, 0) is 4.79 Å². The maximum Gasteiger partial charge on any atom is 0.238 e. The summed E-state index contributed by atoms with van der Waals surface area (Å²) >= 11 is 0. The molecule has 2 aromatic carbocycles. The summed E-state index contributed by atoms with van der Waals surface area (Å²) in [5.41, 5.74) is 5.50. The number of nitrogens with zero attached hydrogens (tertiary/aromatic N) is 1. The maximum absolute atomic E-state index is 11.3. The van der Waals surface area contributed by atoms with Gasteiger partial charge in [0.25, 0.3) is 0 Å². The Morgan fingerprint density at radius 2 is 1.70 bits per heavy atom. The number of anilines is 1. The standard InChI is InChI=1S/C17H16N2O/c1-12-3-4-15(11-13(12)2)14-5-7-16(8-6-14)19-17(20)9-10-18/h3-8,11H,9H2,1-2H3,(H,19,20). The van der Waals surface area contributed by atoms with Gasteiger partial charge in [0, 0.05) is 5.69 Å². The van der Waals surface area contributed by atoms with Gasteiger partial charge in [-0.2, -0.15) is 5.26 Å². The maximum atomic E-state index is 11.3. The summed E-state index contributed by atoms with van der Waals surface area (Å²) in [6, 6.07) is 15.8. The van der Waals surface area contributed by atoms with Crippen molar-refractivity contribution in [3.63, 3.8) is 0 Å². The topological polar surface area (TPSA) is 52.9 Å². The Morgan fingerprint density at radius 3 is 2.30 bits per heavy atom. The number of nitriles is 1. The van der Waals surface area contributed by atoms with Gasteiger partial charge < -0.3 is 5.32 Å². The number of rotatable bonds is 3. The number of carbonyl (C=O) groups excluding carboxylic acids is 1. The molecular formula is C17H16N2O. The SMILES string of the molecule is Cc1ccc(-c2ccc(NC(=O)CC#N)cc2)cc1C. The molecule has 0 fully saturated rings. The number of benzene rings is 2. The third kappa shape index (κ3) is 3.24. The van der Waals surface area contributed by atoms with Crippen molar-refractivity contribution >= 4 is 11.6 Å². The van der Waals surface area contributed by atoms with Crippen LogP contribution in [0.15, 0.2) is 42.5 Å². The summed E-state index contributed by atoms with van der Waals surface area (Å²) in [5, 5.41) is 11.1. The highest BCUT2D eigenvalue weighted by molar-refractivity contribution is 5.92. The Labute approximate surface area is 118 Å². The normalized spacial score (nSPS) is 9.85. The van der Waals surface area contributed by atoms with Crippen LogP contribution in [0.4, 0.5) is 5.69 Å². The number of aryl methyl sites for hydroxylation is 2. The van der Waals surface area contributed by atoms with E-state index in [9.17, 15) is 4.79 Å². The smallest absolute Gasteiger partial charge is 0.238 e. The first-order chi connectivity index (χ1) is 9.60. The van der Waals surface area contributed by atoms with Crippen LogP contribution in [-0.4, -0.2) is 5.91 Å². The molecule has 0 aliphatic heterocycles. The molecule has 0 heterocycles. The van der Waals surface area contributed by atoms with E-state index in [0.717, 1.165) is 11.1 Å². The van der Waals surface area contributed by atoms with Crippen LogP contribution in [0.1, 0.15) is 17.5 Å². The number of amides is 1. The van der Waals surface area contributed by atoms with Gasteiger partial charge in [0.2, 0.25) is 5.91 Å². The minimum Gasteiger partial charge on any atom is -0.325 e. The zero-order valence-electron chi connectivity index (χ0n) is 11.6. The largest absolute Gasteiger partial charge is 0.325 e. The lowest BCUT2D eigenvalue weighted by Crippen LogP contribution is -2.09. The summed E-state index contributed by atoms with van der Waals surface area (Å²) in [6.45, 7) is 4.18. The molecule has 0 saturated carbocycles. The molecule has 20 heavy (non-hydrogen) atoms. The van der Waals surface area contributed by atoms with E-state index in [2.05, 4.69) is 37.4 Å². The molecule has 3 nitrogen and oxygen atoms in total. The van der Waals surface area contributed by atoms with Crippen molar-refractivity contribution in [1.82, 2.24) is 0 Å². The summed E-state index contributed by atoms with van der Waals surface area (Å²) in [5.74, 6) is -0.286. The molecule has 1 amide bonds. The molecule has 0 aromatic heterocycles. The van der Waals surface area contributed by atoms with Crippen LogP contribution in [0.3, 0.4) is 0 Å². The van der Waals surface area contributed by atoms with Crippen LogP contribution in [0, 0.1) is 25.2 Å². The van der Waals surface area contributed by atoms with Gasteiger partial charge in [0.05, 0.1) is 6.07 Å². The molecule has 0 atom stereocenters. The number of hydrogen-bond donors (Lipinski definition) is 1. The summed E-state index contributed by atoms with van der Waals surface area (Å²) < 4.78 is 0. The van der Waals surface area contributed by atoms with Gasteiger partial charge in [-0.05, 0) is 48.2 Å². The van der Waals surface area contributed by atoms with Crippen LogP contribution in [0.25, 0.3) is 11.1 Å². The van der Waals surface area contributed by atoms with Crippen LogP contribution in [0.2, 0.25) is 0 Å². The molecule has 2 aromatic rings. The molecule has 0 bridgehead atoms. The minimum atomic E-state index is -0.286. The Bertz CT molecular complexity index is 666. The Morgan fingerprint density at radius 1 is 1.05 bits per heavy atom. The first-order valence-corrected chi connectivity index (χ1v) is 6.44. The average molecular weight is 264 g/mol. The molecule has 2 rings (SSSR count). The lowest BCUT2D eigenvalue weighted by atomic mass is 10.0. The average Bonchev–Trinajstić information content (AvgIpc) is 2.43. The molecule has 100 valence electrons. The van der Waals surface area contributed by atoms with E-state index in [0.29, 0.717) is 5.69 Å². The molecule has 0 spiro atoms. The summed E-state index contributed by atoms with van der Waals surface area (Å²) in [7, 11) is 0. The van der Waals surface area contributed by atoms with Crippen molar-refractivity contribution in [2.75, 3.05) is 5.32 Å². The van der Waals surface area contributed by atoms with Crippen molar-refractivity contribution < 1.29 is 4.79 Å². The predicted octanol–water partition coefficient (Wildman–Crippen LogP) is 3.82. The monoisotopic (exact) mass is 264 g/mol. The second kappa shape index (κ2) is 6.03. The van der Waals surface area contributed by atoms with E-state index < -0.39 is 0 Å². The van der Waals surface area contributed by atoms with Gasteiger partial charge in [-0.15, -0.1) is 0 Å². The second-order valence-electron chi connectivity index (χ2n) is 4.76. The number of carbonyl (C=O) groups is 1. The molecule has 0 aliphatic carbocycles. The second-order valence-corrected chi connectivity index (χ2v) is 4.76. The summed E-state index contributed by atoms with van der Waals surface area (Å²) in [4.78, 5) is 11.3. The highest BCUT2D eigenvalue weighted by Crippen LogP contribution is 2.23. The van der Waals surface area contributed by atoms with Crippen molar-refractivity contribution in [2.45, 2.75) is 20.3 Å². The zero-order valence-corrected chi connectivity index (χ0v) is 11.6. The van der Waals surface area contributed by atoms with E-state index in [4.69, 9.17) is 5.26 Å². The quantitative estimate of drug-likeness (QED) is 0.916. The third-order valence-corrected chi connectivity index (χ3v) is 3.25. The van der Waals surface area contributed by atoms with Crippen molar-refractivity contribution in [1.29, 1.82) is 5.26 Å². The predicted molar refractivity (Wildman–Crippen MR) is 80.2 cm³/mol. The summed E-state index contributed by atoms with van der Waals surface area (Å²) in [6.07, 6.45) is -0.126. The lowest BCUT2D eigenvalue weighted by molar-refractivity contribution is -0.115. The fourth-order valence-electron chi connectivity index (χ4n) is 1.94. The van der Waals surface area contributed by atoms with Gasteiger partial charge >= 0.3 is 0 Å². The van der Waals surface area contributed by atoms with E-state index >= 15 is 0 Å². The van der Waals surface area contributed by atoms with Gasteiger partial charge in [-0.25, -0.2) is 0 Å². The van der Waals surface area contributed by atoms with Crippen molar-refractivity contribution in [3.8, 4) is 17.2 Å². The zero-order chi connectivity index (χ0) is 14.5. The number of hydrogen-bond acceptors (Lipinski definition) is 2. The fraction of sp³-hybridized carbons (Fsp3) is 0.176. The van der Waals surface area contributed by atoms with E-state index in [1.807, 2.05) is 30.3 Å². The van der Waals surface area contributed by atoms with E-state index in [1.54, 1.807) is 0 Å². The Hall–Kier alpha value is -2.60. The highest BCUT2D eigenvalue weighted by Gasteiger charge is 2.03. The van der Waals surface area contributed by atoms with Gasteiger partial charge in [-0.3, -0.25) is 4.79 Å². The molecule has 0 saturated heterocycles. The first-order valence-electron chi connectivity index (χ1n) is 6.44. The molecule has 3 heteroatoms. The fourth-order valence-corrected chi connectivity index (χ4v) is 1.94. The van der Waals surface area contributed by atoms with Crippen molar-refractivity contribution in [3.05, 3.63) is 53.6 Å². The Kier molecular flexibility index (Phi) is 4.17. The number of nitrogens with one attached hydrogen (secondary N) is 1. The van der Waals surface area contributed by atoms with Gasteiger partial charge in [0.15, 0.2) is 0 Å². The molecule has 0 unspecified atom stereocenters. The van der Waals surface area contributed by atoms with Gasteiger partial charge in [0.1, 0.15) is 6.42 Å². The molecule has 0 aliphatic rings. The molecular weight excluding hydrogens is 248 g/mol. The Balaban J connectivity index is 2.17. The van der Waals surface area contributed by atoms with Crippen LogP contribution < -0.4 is 5.32 Å². The minimum absolute atomic E-state index is 0.126. The van der Waals surface area contributed by atoms with Gasteiger partial charge in [-0.1, -0.05) is 30.3 Å². The highest BCUT2D eigenvalue weighted by atomic mass is 16.1. The van der Waals surface area contributed by atoms with Crippen LogP contribution >= 0.6 is 0 Å². The first kappa shape index (κ1) is 13.8. The van der Waals surface area contributed by atoms with E-state index in [1.165, 1.54) is 11.1 Å². The third-order valence-electron chi connectivity index (χ3n) is 3.25. The van der Waals surface area contributed by atoms with E-state index in [-0.39, 0.29) is 12.3 Å².